The summed E-state index contributed by atoms with van der Waals surface area (Å²) in [6.07, 6.45) is -1.16. The number of hydrogen-bond donors (Lipinski definition) is 4. The molecule has 2 atom stereocenters. The molecule has 0 radical (unpaired) electrons. The Balaban J connectivity index is 1.72. The minimum atomic E-state index is -1.18. The summed E-state index contributed by atoms with van der Waals surface area (Å²) >= 11 is 0. The fourth-order valence-corrected chi connectivity index (χ4v) is 3.72. The maximum atomic E-state index is 15.0. The molecule has 36 heavy (non-hydrogen) atoms. The molecule has 4 amide bonds. The number of amides is 4. The molecule has 0 saturated carbocycles. The largest absolute Gasteiger partial charge is 0.442 e. The summed E-state index contributed by atoms with van der Waals surface area (Å²) in [7, 11) is 0. The topological polar surface area (TPSA) is 168 Å². The minimum Gasteiger partial charge on any atom is -0.442 e. The SMILES string of the molecule is CC(=O)NC[C@H]1CN(c2ccc(-c3ccc(CN(CC(N)=O)C(=O)[C@H](N)CO)cc3)c(F)c2)C(=O)O1. The maximum absolute atomic E-state index is 15.0. The number of primary amides is 1. The molecular weight excluding hydrogens is 473 g/mol. The number of hydrogen-bond acceptors (Lipinski definition) is 7. The Kier molecular flexibility index (Phi) is 8.56. The van der Waals surface area contributed by atoms with Crippen LogP contribution >= 0.6 is 0 Å². The number of halogens is 1. The molecule has 3 rings (SSSR count). The Labute approximate surface area is 206 Å². The van der Waals surface area contributed by atoms with E-state index in [-0.39, 0.29) is 32.1 Å². The number of aliphatic hydroxyl groups excluding tert-OH is 1. The lowest BCUT2D eigenvalue weighted by molar-refractivity contribution is -0.137. The first-order valence-electron chi connectivity index (χ1n) is 11.1. The number of ether oxygens (including phenoxy) is 1. The number of carbonyl (C=O) groups is 4. The fraction of sp³-hybridized carbons (Fsp3) is 0.333. The zero-order valence-corrected chi connectivity index (χ0v) is 19.6. The number of benzene rings is 2. The molecule has 0 aromatic heterocycles. The summed E-state index contributed by atoms with van der Waals surface area (Å²) in [5.41, 5.74) is 12.6. The van der Waals surface area contributed by atoms with E-state index in [0.717, 1.165) is 4.90 Å². The first kappa shape index (κ1) is 26.6. The minimum absolute atomic E-state index is 0.0217. The van der Waals surface area contributed by atoms with E-state index in [1.807, 2.05) is 0 Å². The summed E-state index contributed by atoms with van der Waals surface area (Å²) in [5.74, 6) is -2.15. The van der Waals surface area contributed by atoms with Crippen molar-refractivity contribution in [3.63, 3.8) is 0 Å². The lowest BCUT2D eigenvalue weighted by atomic mass is 10.0. The van der Waals surface area contributed by atoms with Gasteiger partial charge in [0.1, 0.15) is 18.0 Å². The number of nitrogens with zero attached hydrogens (tertiary/aromatic N) is 2. The third-order valence-electron chi connectivity index (χ3n) is 5.53. The van der Waals surface area contributed by atoms with E-state index in [1.165, 1.54) is 24.0 Å². The summed E-state index contributed by atoms with van der Waals surface area (Å²) in [6.45, 7) is 0.779. The summed E-state index contributed by atoms with van der Waals surface area (Å²) in [6, 6.07) is 9.83. The predicted molar refractivity (Wildman–Crippen MR) is 128 cm³/mol. The standard InChI is InChI=1S/C24H28FN5O6/c1-14(32)28-9-18-11-30(24(35)36-18)17-6-7-19(20(25)8-17)16-4-2-15(3-5-16)10-29(12-22(27)33)23(34)21(26)13-31/h2-8,18,21,31H,9-13,26H2,1H3,(H2,27,33)(H,28,32)/t18-,21+/m0/s1. The van der Waals surface area contributed by atoms with Crippen molar-refractivity contribution in [1.29, 1.82) is 0 Å². The number of carbonyl (C=O) groups excluding carboxylic acids is 4. The third kappa shape index (κ3) is 6.55. The molecule has 6 N–H and O–H groups in total. The van der Waals surface area contributed by atoms with Crippen LogP contribution < -0.4 is 21.7 Å². The first-order chi connectivity index (χ1) is 17.1. The maximum Gasteiger partial charge on any atom is 0.414 e. The van der Waals surface area contributed by atoms with Crippen LogP contribution in [0.3, 0.4) is 0 Å². The monoisotopic (exact) mass is 501 g/mol. The second-order valence-electron chi connectivity index (χ2n) is 8.36. The second-order valence-corrected chi connectivity index (χ2v) is 8.36. The number of aliphatic hydroxyl groups is 1. The highest BCUT2D eigenvalue weighted by Gasteiger charge is 2.32. The Hall–Kier alpha value is -4.03. The van der Waals surface area contributed by atoms with E-state index >= 15 is 0 Å². The Bertz CT molecular complexity index is 1140. The molecule has 0 unspecified atom stereocenters. The van der Waals surface area contributed by atoms with Gasteiger partial charge in [0, 0.05) is 19.0 Å². The number of nitrogens with two attached hydrogens (primary N) is 2. The smallest absolute Gasteiger partial charge is 0.414 e. The van der Waals surface area contributed by atoms with Crippen LogP contribution in [0.5, 0.6) is 0 Å². The van der Waals surface area contributed by atoms with Gasteiger partial charge in [0.15, 0.2) is 0 Å². The molecule has 192 valence electrons. The average Bonchev–Trinajstić information content (AvgIpc) is 3.22. The zero-order chi connectivity index (χ0) is 26.4. The van der Waals surface area contributed by atoms with Crippen LogP contribution in [0.1, 0.15) is 12.5 Å². The molecule has 0 aliphatic carbocycles. The lowest BCUT2D eigenvalue weighted by Crippen LogP contribution is -2.48. The molecule has 2 aromatic rings. The Morgan fingerprint density at radius 1 is 1.25 bits per heavy atom. The highest BCUT2D eigenvalue weighted by molar-refractivity contribution is 5.90. The van der Waals surface area contributed by atoms with E-state index < -0.39 is 42.5 Å². The van der Waals surface area contributed by atoms with Gasteiger partial charge in [0.05, 0.1) is 31.9 Å². The Morgan fingerprint density at radius 2 is 1.94 bits per heavy atom. The van der Waals surface area contributed by atoms with Crippen molar-refractivity contribution in [2.75, 3.05) is 31.1 Å². The van der Waals surface area contributed by atoms with Gasteiger partial charge >= 0.3 is 6.09 Å². The third-order valence-corrected chi connectivity index (χ3v) is 5.53. The highest BCUT2D eigenvalue weighted by Crippen LogP contribution is 2.29. The van der Waals surface area contributed by atoms with Gasteiger partial charge < -0.3 is 31.5 Å². The van der Waals surface area contributed by atoms with Crippen molar-refractivity contribution in [2.24, 2.45) is 11.5 Å². The molecule has 2 aromatic carbocycles. The van der Waals surface area contributed by atoms with Crippen LogP contribution in [0.2, 0.25) is 0 Å². The van der Waals surface area contributed by atoms with E-state index in [1.54, 1.807) is 30.3 Å². The molecular formula is C24H28FN5O6. The van der Waals surface area contributed by atoms with E-state index in [9.17, 15) is 23.6 Å². The Morgan fingerprint density at radius 3 is 2.53 bits per heavy atom. The molecule has 1 fully saturated rings. The predicted octanol–water partition coefficient (Wildman–Crippen LogP) is 0.0875. The van der Waals surface area contributed by atoms with Gasteiger partial charge in [-0.05, 0) is 29.3 Å². The second kappa shape index (κ2) is 11.6. The summed E-state index contributed by atoms with van der Waals surface area (Å²) in [4.78, 5) is 49.4. The number of nitrogens with one attached hydrogen (secondary N) is 1. The molecule has 1 saturated heterocycles. The molecule has 1 heterocycles. The molecule has 1 aliphatic heterocycles. The van der Waals surface area contributed by atoms with Gasteiger partial charge in [-0.25, -0.2) is 9.18 Å². The van der Waals surface area contributed by atoms with Gasteiger partial charge in [-0.2, -0.15) is 0 Å². The van der Waals surface area contributed by atoms with Crippen molar-refractivity contribution < 1.29 is 33.4 Å². The van der Waals surface area contributed by atoms with E-state index in [4.69, 9.17) is 21.3 Å². The highest BCUT2D eigenvalue weighted by atomic mass is 19.1. The number of cyclic esters (lactones) is 1. The van der Waals surface area contributed by atoms with E-state index in [0.29, 0.717) is 22.4 Å². The van der Waals surface area contributed by atoms with Gasteiger partial charge in [0.2, 0.25) is 17.7 Å². The first-order valence-corrected chi connectivity index (χ1v) is 11.1. The van der Waals surface area contributed by atoms with Crippen LogP contribution in [0, 0.1) is 5.82 Å². The number of rotatable bonds is 10. The average molecular weight is 502 g/mol. The normalized spacial score (nSPS) is 15.8. The van der Waals surface area contributed by atoms with Crippen LogP contribution in [0.25, 0.3) is 11.1 Å². The van der Waals surface area contributed by atoms with Crippen molar-refractivity contribution in [1.82, 2.24) is 10.2 Å². The molecule has 1 aliphatic rings. The summed E-state index contributed by atoms with van der Waals surface area (Å²) < 4.78 is 20.2. The van der Waals surface area contributed by atoms with Crippen LogP contribution in [-0.4, -0.2) is 72.2 Å². The van der Waals surface area contributed by atoms with Crippen molar-refractivity contribution in [2.45, 2.75) is 25.6 Å². The van der Waals surface area contributed by atoms with Crippen molar-refractivity contribution in [3.05, 3.63) is 53.8 Å². The quantitative estimate of drug-likeness (QED) is 0.358. The van der Waals surface area contributed by atoms with Gasteiger partial charge in [0.25, 0.3) is 0 Å². The van der Waals surface area contributed by atoms with Crippen molar-refractivity contribution >= 4 is 29.5 Å². The number of anilines is 1. The van der Waals surface area contributed by atoms with Gasteiger partial charge in [-0.3, -0.25) is 19.3 Å². The van der Waals surface area contributed by atoms with Crippen molar-refractivity contribution in [3.8, 4) is 11.1 Å². The van der Waals surface area contributed by atoms with Gasteiger partial charge in [-0.1, -0.05) is 24.3 Å². The lowest BCUT2D eigenvalue weighted by Gasteiger charge is -2.24. The van der Waals surface area contributed by atoms with Gasteiger partial charge in [-0.15, -0.1) is 0 Å². The van der Waals surface area contributed by atoms with Crippen LogP contribution in [0.15, 0.2) is 42.5 Å². The zero-order valence-electron chi connectivity index (χ0n) is 19.6. The molecule has 12 heteroatoms. The van der Waals surface area contributed by atoms with Crippen LogP contribution in [0.4, 0.5) is 14.9 Å². The summed E-state index contributed by atoms with van der Waals surface area (Å²) in [5, 5.41) is 11.7. The fourth-order valence-electron chi connectivity index (χ4n) is 3.72. The molecule has 11 nitrogen and oxygen atoms in total. The van der Waals surface area contributed by atoms with E-state index in [2.05, 4.69) is 5.32 Å². The van der Waals surface area contributed by atoms with Crippen LogP contribution in [-0.2, 0) is 25.7 Å². The molecule has 0 spiro atoms. The molecule has 0 bridgehead atoms.